The van der Waals surface area contributed by atoms with Crippen LogP contribution in [0.2, 0.25) is 0 Å². The first-order valence-electron chi connectivity index (χ1n) is 38.8. The largest absolute Gasteiger partial charge is 0.479 e. The first-order chi connectivity index (χ1) is 56.9. The molecule has 28 heteroatoms. The zero-order valence-electron chi connectivity index (χ0n) is 66.7. The smallest absolute Gasteiger partial charge is 0.337 e. The lowest BCUT2D eigenvalue weighted by molar-refractivity contribution is -0.398. The molecule has 0 radical (unpaired) electrons. The number of ether oxygens (including phenoxy) is 25. The van der Waals surface area contributed by atoms with E-state index in [4.69, 9.17) is 118 Å². The molecule has 0 unspecified atom stereocenters. The van der Waals surface area contributed by atoms with Gasteiger partial charge >= 0.3 is 11.9 Å². The van der Waals surface area contributed by atoms with Crippen molar-refractivity contribution in [2.45, 2.75) is 200 Å². The first kappa shape index (κ1) is 87.8. The number of carbonyl (C=O) groups is 2. The monoisotopic (exact) mass is 1610 g/mol. The van der Waals surface area contributed by atoms with Gasteiger partial charge in [0.2, 0.25) is 0 Å². The highest BCUT2D eigenvalue weighted by atomic mass is 16.8. The molecule has 5 aliphatic rings. The molecule has 0 aliphatic carbocycles. The summed E-state index contributed by atoms with van der Waals surface area (Å²) in [5.74, 6) is -2.36. The Bertz CT molecular complexity index is 3930. The molecule has 1 N–H and O–H groups in total. The third kappa shape index (κ3) is 22.7. The fraction of sp³-hybridized carbons (Fsp3) is 0.500. The maximum absolute atomic E-state index is 15.0. The summed E-state index contributed by atoms with van der Waals surface area (Å²) in [4.78, 5) is 29.1. The van der Waals surface area contributed by atoms with Gasteiger partial charge < -0.3 is 124 Å². The predicted molar refractivity (Wildman–Crippen MR) is 413 cm³/mol. The standard InChI is InChI=1S/C88H108O28/c1-92-65-62(52-101-45-55-31-17-10-18-32-55)109-85(77(96-5)68(65)93-2)113-73-69(94-3)78(97-6)86(115-75(73)82(89)90)111-67-64(54-103-47-57-35-21-12-22-36-57)110-88(81(107-51-61-43-29-16-30-44-61)72(67)105-49-59-39-25-14-26-40-59)114-74-70(95-4)79(98-7)87(116-76(74)83(91)99-8)112-66-63(53-102-46-56-33-19-11-20-34-56)108-84(100-9)80(106-50-60-41-27-15-28-42-60)71(66)104-48-58-37-23-13-24-38-58/h10-44,62-81,84-88H,45-54H2,1-9H3,(H,89,90)/t62-,63-,64-,65-,66-,67-,68+,69+,70+,71+,72+,73+,74+,75+,76-,77-,78-,79-,80-,81-,84+,85-,86-,87-,88-/m1/s1. The fourth-order valence-electron chi connectivity index (χ4n) is 15.3. The Morgan fingerprint density at radius 1 is 0.259 bits per heavy atom. The Labute approximate surface area is 676 Å². The van der Waals surface area contributed by atoms with Crippen molar-refractivity contribution < 1.29 is 133 Å². The molecule has 628 valence electrons. The lowest BCUT2D eigenvalue weighted by atomic mass is 9.94. The zero-order valence-corrected chi connectivity index (χ0v) is 66.7. The minimum Gasteiger partial charge on any atom is -0.479 e. The Morgan fingerprint density at radius 3 is 0.819 bits per heavy atom. The molecule has 28 nitrogen and oxygen atoms in total. The Hall–Kier alpha value is -7.48. The van der Waals surface area contributed by atoms with Gasteiger partial charge in [-0.15, -0.1) is 0 Å². The molecule has 25 atom stereocenters. The molecule has 5 fully saturated rings. The van der Waals surface area contributed by atoms with Gasteiger partial charge in [0.25, 0.3) is 0 Å². The van der Waals surface area contributed by atoms with E-state index < -0.39 is 165 Å². The second kappa shape index (κ2) is 45.1. The summed E-state index contributed by atoms with van der Waals surface area (Å²) in [6, 6.07) is 66.9. The van der Waals surface area contributed by atoms with Crippen molar-refractivity contribution in [3.63, 3.8) is 0 Å². The third-order valence-electron chi connectivity index (χ3n) is 21.1. The number of benzene rings is 7. The summed E-state index contributed by atoms with van der Waals surface area (Å²) in [5, 5.41) is 11.5. The molecule has 0 bridgehead atoms. The van der Waals surface area contributed by atoms with Crippen LogP contribution in [0.15, 0.2) is 212 Å². The average molecular weight is 1610 g/mol. The van der Waals surface area contributed by atoms with Gasteiger partial charge in [-0.2, -0.15) is 0 Å². The fourth-order valence-corrected chi connectivity index (χ4v) is 15.3. The normalized spacial score (nSPS) is 31.5. The second-order valence-electron chi connectivity index (χ2n) is 28.4. The number of carboxylic acid groups (broad SMARTS) is 1. The maximum atomic E-state index is 15.0. The number of methoxy groups -OCH3 is 9. The van der Waals surface area contributed by atoms with Crippen LogP contribution in [0.1, 0.15) is 38.9 Å². The molecule has 116 heavy (non-hydrogen) atoms. The van der Waals surface area contributed by atoms with E-state index in [1.807, 2.05) is 212 Å². The van der Waals surface area contributed by atoms with E-state index in [-0.39, 0.29) is 66.1 Å². The molecular weight excluding hydrogens is 1500 g/mol. The molecule has 5 saturated heterocycles. The van der Waals surface area contributed by atoms with Gasteiger partial charge in [-0.25, -0.2) is 9.59 Å². The molecule has 0 spiro atoms. The van der Waals surface area contributed by atoms with Gasteiger partial charge in [0, 0.05) is 56.9 Å². The molecule has 7 aromatic carbocycles. The van der Waals surface area contributed by atoms with Crippen molar-refractivity contribution in [1.29, 1.82) is 0 Å². The minimum absolute atomic E-state index is 0.0170. The number of carboxylic acids is 1. The molecule has 0 aromatic heterocycles. The SMILES string of the molecule is COC(=O)[C@@H]1O[C@@H](O[C@H]2[C@H](OCc3ccccc3)[C@@H](OCc3ccccc3)[C@@H](OC)O[C@@H]2COCc2ccccc2)[C@H](OC)[C@@H](OC)[C@@H]1O[C@H]1O[C@H](COCc2ccccc2)[C@@H](O[C@@H]2O[C@H](C(=O)O)[C@@H](O[C@H]3O[C@H](COCc4ccccc4)[C@@H](OC)[C@H](OC)[C@H]3OC)[C@H](OC)[C@H]2OC)[C@H](OCc2ccccc2)[C@H]1OCc1ccccc1. The van der Waals surface area contributed by atoms with Crippen molar-refractivity contribution in [2.24, 2.45) is 0 Å². The minimum atomic E-state index is -1.86. The highest BCUT2D eigenvalue weighted by Gasteiger charge is 2.61. The molecule has 0 saturated carbocycles. The van der Waals surface area contributed by atoms with Gasteiger partial charge in [0.1, 0.15) is 110 Å². The molecule has 5 aliphatic heterocycles. The van der Waals surface area contributed by atoms with Crippen molar-refractivity contribution >= 4 is 11.9 Å². The summed E-state index contributed by atoms with van der Waals surface area (Å²) in [6.07, 6.45) is -31.4. The van der Waals surface area contributed by atoms with E-state index in [2.05, 4.69) is 0 Å². The third-order valence-corrected chi connectivity index (χ3v) is 21.1. The lowest BCUT2D eigenvalue weighted by Gasteiger charge is -2.52. The number of esters is 1. The van der Waals surface area contributed by atoms with Crippen LogP contribution in [0, 0.1) is 0 Å². The molecule has 0 amide bonds. The van der Waals surface area contributed by atoms with Crippen LogP contribution < -0.4 is 0 Å². The summed E-state index contributed by atoms with van der Waals surface area (Å²) < 4.78 is 166. The highest BCUT2D eigenvalue weighted by Crippen LogP contribution is 2.42. The number of rotatable bonds is 42. The second-order valence-corrected chi connectivity index (χ2v) is 28.4. The summed E-state index contributed by atoms with van der Waals surface area (Å²) in [5.41, 5.74) is 5.85. The van der Waals surface area contributed by atoms with E-state index in [1.165, 1.54) is 64.0 Å². The van der Waals surface area contributed by atoms with Crippen LogP contribution >= 0.6 is 0 Å². The number of hydrogen-bond donors (Lipinski definition) is 1. The van der Waals surface area contributed by atoms with Gasteiger partial charge in [-0.05, 0) is 38.9 Å². The van der Waals surface area contributed by atoms with E-state index in [1.54, 1.807) is 0 Å². The van der Waals surface area contributed by atoms with Crippen LogP contribution in [-0.2, 0) is 174 Å². The molecule has 5 heterocycles. The molecule has 12 rings (SSSR count). The van der Waals surface area contributed by atoms with Crippen LogP contribution in [-0.4, -0.2) is 254 Å². The van der Waals surface area contributed by atoms with Gasteiger partial charge in [0.15, 0.2) is 43.7 Å². The van der Waals surface area contributed by atoms with Crippen molar-refractivity contribution in [3.8, 4) is 0 Å². The van der Waals surface area contributed by atoms with Crippen LogP contribution in [0.5, 0.6) is 0 Å². The zero-order chi connectivity index (χ0) is 81.1. The van der Waals surface area contributed by atoms with E-state index in [0.717, 1.165) is 38.9 Å². The number of hydrogen-bond acceptors (Lipinski definition) is 27. The summed E-state index contributed by atoms with van der Waals surface area (Å²) >= 11 is 0. The van der Waals surface area contributed by atoms with E-state index in [9.17, 15) is 9.90 Å². The van der Waals surface area contributed by atoms with Crippen molar-refractivity contribution in [1.82, 2.24) is 0 Å². The van der Waals surface area contributed by atoms with Gasteiger partial charge in [0.05, 0.1) is 73.2 Å². The number of carbonyl (C=O) groups excluding carboxylic acids is 1. The predicted octanol–water partition coefficient (Wildman–Crippen LogP) is 9.15. The average Bonchev–Trinajstić information content (AvgIpc) is 0.758. The highest BCUT2D eigenvalue weighted by molar-refractivity contribution is 5.75. The maximum Gasteiger partial charge on any atom is 0.337 e. The Balaban J connectivity index is 0.897. The summed E-state index contributed by atoms with van der Waals surface area (Å²) in [6.45, 7) is 0.340. The van der Waals surface area contributed by atoms with Crippen molar-refractivity contribution in [3.05, 3.63) is 251 Å². The molecule has 7 aromatic rings. The number of aliphatic carboxylic acids is 1. The van der Waals surface area contributed by atoms with Crippen molar-refractivity contribution in [2.75, 3.05) is 83.8 Å². The summed E-state index contributed by atoms with van der Waals surface area (Å²) in [7, 11) is 12.9. The van der Waals surface area contributed by atoms with Gasteiger partial charge in [-0.3, -0.25) is 0 Å². The van der Waals surface area contributed by atoms with Gasteiger partial charge in [-0.1, -0.05) is 212 Å². The Morgan fingerprint density at radius 2 is 0.509 bits per heavy atom. The Kier molecular flexibility index (Phi) is 34.1. The topological polar surface area (TPSA) is 285 Å². The van der Waals surface area contributed by atoms with E-state index in [0.29, 0.717) is 0 Å². The van der Waals surface area contributed by atoms with Crippen LogP contribution in [0.3, 0.4) is 0 Å². The van der Waals surface area contributed by atoms with Crippen LogP contribution in [0.25, 0.3) is 0 Å². The quantitative estimate of drug-likeness (QED) is 0.0349. The molecular formula is C88H108O28. The van der Waals surface area contributed by atoms with E-state index >= 15 is 4.79 Å². The van der Waals surface area contributed by atoms with Crippen LogP contribution in [0.4, 0.5) is 0 Å². The first-order valence-corrected chi connectivity index (χ1v) is 38.8. The lowest BCUT2D eigenvalue weighted by Crippen LogP contribution is -2.69.